The lowest BCUT2D eigenvalue weighted by Crippen LogP contribution is -2.56. The Morgan fingerprint density at radius 2 is 1.67 bits per heavy atom. The number of rotatable bonds is 11. The maximum atomic E-state index is 13.7. The number of carbonyl (C=O) groups is 4. The number of nitrogens with zero attached hydrogens (tertiary/aromatic N) is 4. The zero-order valence-electron chi connectivity index (χ0n) is 25.1. The van der Waals surface area contributed by atoms with Crippen LogP contribution in [0.1, 0.15) is 63.6 Å². The number of hydrogen-bond acceptors (Lipinski definition) is 9. The minimum absolute atomic E-state index is 0.0484. The highest BCUT2D eigenvalue weighted by Crippen LogP contribution is 2.19. The summed E-state index contributed by atoms with van der Waals surface area (Å²) in [6, 6.07) is 10.0. The Labute approximate surface area is 251 Å². The Morgan fingerprint density at radius 3 is 2.29 bits per heavy atom. The van der Waals surface area contributed by atoms with E-state index in [1.54, 1.807) is 55.3 Å². The molecule has 0 aliphatic carbocycles. The molecule has 12 heteroatoms. The number of benzene rings is 1. The molecule has 1 atom stereocenters. The fourth-order valence-electron chi connectivity index (χ4n) is 4.30. The average molecular weight is 600 g/mol. The van der Waals surface area contributed by atoms with E-state index >= 15 is 0 Å². The number of thioether (sulfide) groups is 1. The van der Waals surface area contributed by atoms with E-state index in [2.05, 4.69) is 15.3 Å². The highest BCUT2D eigenvalue weighted by atomic mass is 32.2. The fourth-order valence-corrected chi connectivity index (χ4v) is 4.86. The van der Waals surface area contributed by atoms with Crippen molar-refractivity contribution in [3.8, 4) is 11.4 Å². The minimum atomic E-state index is -0.997. The number of amides is 3. The first kappa shape index (κ1) is 32.8. The SMILES string of the molecule is CCOC(=O)N1CCN(C(=O)C(CCC(=O)OC(C)(C)C)NC(=O)c2cc(CSCC)nc(-c3ccccc3)n2)CC1. The van der Waals surface area contributed by atoms with Crippen molar-refractivity contribution in [1.29, 1.82) is 0 Å². The molecule has 3 rings (SSSR count). The van der Waals surface area contributed by atoms with Crippen LogP contribution in [0.2, 0.25) is 0 Å². The van der Waals surface area contributed by atoms with E-state index in [-0.39, 0.29) is 44.1 Å². The predicted molar refractivity (Wildman–Crippen MR) is 161 cm³/mol. The van der Waals surface area contributed by atoms with Crippen molar-refractivity contribution in [1.82, 2.24) is 25.1 Å². The number of nitrogens with one attached hydrogen (secondary N) is 1. The van der Waals surface area contributed by atoms with Gasteiger partial charge in [0.2, 0.25) is 5.91 Å². The average Bonchev–Trinajstić information content (AvgIpc) is 2.97. The summed E-state index contributed by atoms with van der Waals surface area (Å²) in [6.07, 6.45) is -0.435. The molecule has 1 saturated heterocycles. The third kappa shape index (κ3) is 10.0. The zero-order valence-corrected chi connectivity index (χ0v) is 25.9. The third-order valence-electron chi connectivity index (χ3n) is 6.28. The molecule has 1 fully saturated rings. The standard InChI is InChI=1S/C30H41N5O6S/c1-6-40-29(39)35-17-15-34(16-18-35)28(38)23(13-14-25(36)41-30(3,4)5)33-27(37)24-19-22(20-42-7-2)31-26(32-24)21-11-9-8-10-12-21/h8-12,19,23H,6-7,13-18,20H2,1-5H3,(H,33,37). The first-order valence-electron chi connectivity index (χ1n) is 14.2. The van der Waals surface area contributed by atoms with Gasteiger partial charge in [-0.1, -0.05) is 37.3 Å². The highest BCUT2D eigenvalue weighted by Gasteiger charge is 2.32. The predicted octanol–water partition coefficient (Wildman–Crippen LogP) is 3.92. The number of aromatic nitrogens is 2. The number of esters is 1. The molecule has 228 valence electrons. The Morgan fingerprint density at radius 1 is 1.00 bits per heavy atom. The van der Waals surface area contributed by atoms with E-state index in [1.165, 1.54) is 0 Å². The maximum absolute atomic E-state index is 13.7. The molecule has 2 aromatic rings. The molecule has 0 bridgehead atoms. The Hall–Kier alpha value is -3.67. The van der Waals surface area contributed by atoms with Gasteiger partial charge >= 0.3 is 12.1 Å². The van der Waals surface area contributed by atoms with E-state index in [9.17, 15) is 19.2 Å². The summed E-state index contributed by atoms with van der Waals surface area (Å²) in [5.41, 5.74) is 0.933. The van der Waals surface area contributed by atoms with Gasteiger partial charge in [-0.3, -0.25) is 14.4 Å². The van der Waals surface area contributed by atoms with Crippen LogP contribution in [0.5, 0.6) is 0 Å². The van der Waals surface area contributed by atoms with Gasteiger partial charge in [0.15, 0.2) is 5.82 Å². The normalized spacial score (nSPS) is 14.2. The Kier molecular flexibility index (Phi) is 12.1. The quantitative estimate of drug-likeness (QED) is 0.382. The van der Waals surface area contributed by atoms with Crippen LogP contribution in [-0.4, -0.2) is 93.8 Å². The van der Waals surface area contributed by atoms with Crippen molar-refractivity contribution in [3.63, 3.8) is 0 Å². The third-order valence-corrected chi connectivity index (χ3v) is 7.18. The van der Waals surface area contributed by atoms with E-state index in [0.29, 0.717) is 30.4 Å². The van der Waals surface area contributed by atoms with Gasteiger partial charge in [-0.25, -0.2) is 14.8 Å². The summed E-state index contributed by atoms with van der Waals surface area (Å²) in [5.74, 6) is 0.567. The molecule has 1 aromatic carbocycles. The summed E-state index contributed by atoms with van der Waals surface area (Å²) < 4.78 is 10.5. The number of carbonyl (C=O) groups excluding carboxylic acids is 4. The molecule has 0 spiro atoms. The van der Waals surface area contributed by atoms with Crippen molar-refractivity contribution in [2.45, 2.75) is 64.9 Å². The topological polar surface area (TPSA) is 131 Å². The largest absolute Gasteiger partial charge is 0.460 e. The van der Waals surface area contributed by atoms with Gasteiger partial charge in [0.25, 0.3) is 5.91 Å². The molecule has 42 heavy (non-hydrogen) atoms. The molecule has 11 nitrogen and oxygen atoms in total. The van der Waals surface area contributed by atoms with Gasteiger partial charge in [0, 0.05) is 43.9 Å². The van der Waals surface area contributed by atoms with E-state index in [1.807, 2.05) is 37.3 Å². The van der Waals surface area contributed by atoms with E-state index < -0.39 is 29.6 Å². The molecule has 1 aliphatic heterocycles. The van der Waals surface area contributed by atoms with E-state index in [0.717, 1.165) is 11.3 Å². The minimum Gasteiger partial charge on any atom is -0.460 e. The summed E-state index contributed by atoms with van der Waals surface area (Å²) in [6.45, 7) is 10.5. The number of ether oxygens (including phenoxy) is 2. The summed E-state index contributed by atoms with van der Waals surface area (Å²) >= 11 is 1.67. The van der Waals surface area contributed by atoms with Crippen LogP contribution in [0, 0.1) is 0 Å². The van der Waals surface area contributed by atoms with Crippen molar-refractivity contribution in [2.75, 3.05) is 38.5 Å². The second-order valence-corrected chi connectivity index (χ2v) is 12.0. The smallest absolute Gasteiger partial charge is 0.409 e. The molecule has 1 unspecified atom stereocenters. The van der Waals surface area contributed by atoms with E-state index in [4.69, 9.17) is 9.47 Å². The van der Waals surface area contributed by atoms with Gasteiger partial charge in [-0.2, -0.15) is 11.8 Å². The molecule has 0 saturated carbocycles. The second kappa shape index (κ2) is 15.5. The monoisotopic (exact) mass is 599 g/mol. The van der Waals surface area contributed by atoms with Gasteiger partial charge in [0.05, 0.1) is 12.3 Å². The Balaban J connectivity index is 1.81. The van der Waals surface area contributed by atoms with Gasteiger partial charge in [-0.15, -0.1) is 0 Å². The lowest BCUT2D eigenvalue weighted by molar-refractivity contribution is -0.155. The number of piperazine rings is 1. The van der Waals surface area contributed by atoms with Crippen LogP contribution < -0.4 is 5.32 Å². The first-order chi connectivity index (χ1) is 20.0. The summed E-state index contributed by atoms with van der Waals surface area (Å²) in [5, 5.41) is 2.82. The van der Waals surface area contributed by atoms with Crippen LogP contribution in [0.4, 0.5) is 4.79 Å². The van der Waals surface area contributed by atoms with Crippen LogP contribution in [-0.2, 0) is 24.8 Å². The first-order valence-corrected chi connectivity index (χ1v) is 15.4. The highest BCUT2D eigenvalue weighted by molar-refractivity contribution is 7.98. The van der Waals surface area contributed by atoms with Gasteiger partial charge < -0.3 is 24.6 Å². The zero-order chi connectivity index (χ0) is 30.7. The molecule has 1 aromatic heterocycles. The second-order valence-electron chi connectivity index (χ2n) is 10.7. The maximum Gasteiger partial charge on any atom is 0.409 e. The van der Waals surface area contributed by atoms with Crippen LogP contribution >= 0.6 is 11.8 Å². The van der Waals surface area contributed by atoms with Gasteiger partial charge in [-0.05, 0) is 45.9 Å². The van der Waals surface area contributed by atoms with Crippen molar-refractivity contribution >= 4 is 35.6 Å². The van der Waals surface area contributed by atoms with Gasteiger partial charge in [0.1, 0.15) is 17.3 Å². The fraction of sp³-hybridized carbons (Fsp3) is 0.533. The van der Waals surface area contributed by atoms with Crippen molar-refractivity contribution in [3.05, 3.63) is 47.8 Å². The lowest BCUT2D eigenvalue weighted by Gasteiger charge is -2.36. The Bertz CT molecular complexity index is 1230. The summed E-state index contributed by atoms with van der Waals surface area (Å²) in [4.78, 5) is 64.1. The molecular formula is C30H41N5O6S. The summed E-state index contributed by atoms with van der Waals surface area (Å²) in [7, 11) is 0. The molecular weight excluding hydrogens is 558 g/mol. The van der Waals surface area contributed by atoms with Crippen molar-refractivity contribution < 1.29 is 28.7 Å². The van der Waals surface area contributed by atoms with Crippen LogP contribution in [0.25, 0.3) is 11.4 Å². The molecule has 0 radical (unpaired) electrons. The molecule has 1 N–H and O–H groups in total. The molecule has 3 amide bonds. The van der Waals surface area contributed by atoms with Crippen LogP contribution in [0.15, 0.2) is 36.4 Å². The molecule has 1 aliphatic rings. The van der Waals surface area contributed by atoms with Crippen LogP contribution in [0.3, 0.4) is 0 Å². The molecule has 2 heterocycles. The number of hydrogen-bond donors (Lipinski definition) is 1. The van der Waals surface area contributed by atoms with Crippen molar-refractivity contribution in [2.24, 2.45) is 0 Å². The lowest BCUT2D eigenvalue weighted by atomic mass is 10.1.